The van der Waals surface area contributed by atoms with Gasteiger partial charge in [-0.25, -0.2) is 0 Å². The Morgan fingerprint density at radius 1 is 0.736 bits per heavy atom. The molecule has 12 nitrogen and oxygen atoms in total. The van der Waals surface area contributed by atoms with Gasteiger partial charge in [0.25, 0.3) is 5.91 Å². The molecule has 0 aliphatic rings. The number of carbonyl (C=O) groups is 6. The fourth-order valence-electron chi connectivity index (χ4n) is 6.14. The average molecular weight is 740 g/mol. The maximum Gasteiger partial charge on any atom is 0.304 e. The van der Waals surface area contributed by atoms with Crippen LogP contribution in [-0.2, 0) is 36.8 Å². The molecule has 0 fully saturated rings. The van der Waals surface area contributed by atoms with E-state index in [0.29, 0.717) is 32.8 Å². The number of carboxylic acids is 2. The van der Waals surface area contributed by atoms with Crippen LogP contribution in [0.15, 0.2) is 91.0 Å². The molecule has 0 radical (unpaired) electrons. The van der Waals surface area contributed by atoms with Crippen molar-refractivity contribution in [1.82, 2.24) is 15.6 Å². The number of Topliss-reactive ketones (excluding diaryl/α,β-unsaturated/α-hetero) is 2. The van der Waals surface area contributed by atoms with E-state index < -0.39 is 72.6 Å². The minimum Gasteiger partial charge on any atom is -0.497 e. The first-order valence-corrected chi connectivity index (χ1v) is 17.3. The van der Waals surface area contributed by atoms with E-state index in [1.54, 1.807) is 48.5 Å². The molecular weight excluding hydrogens is 702 g/mol. The molecule has 0 spiro atoms. The van der Waals surface area contributed by atoms with Gasteiger partial charge in [0.1, 0.15) is 11.4 Å². The number of rotatable bonds is 18. The van der Waals surface area contributed by atoms with Crippen LogP contribution in [0.25, 0.3) is 21.7 Å². The van der Waals surface area contributed by atoms with E-state index in [1.165, 1.54) is 7.11 Å². The first kappa shape index (κ1) is 38.2. The van der Waals surface area contributed by atoms with Gasteiger partial charge in [0, 0.05) is 35.2 Å². The molecule has 1 aromatic heterocycles. The van der Waals surface area contributed by atoms with Crippen LogP contribution in [0.1, 0.15) is 47.3 Å². The number of benzene rings is 4. The highest BCUT2D eigenvalue weighted by molar-refractivity contribution is 6.31. The van der Waals surface area contributed by atoms with Gasteiger partial charge in [-0.15, -0.1) is 0 Å². The van der Waals surface area contributed by atoms with Crippen LogP contribution >= 0.6 is 11.6 Å². The van der Waals surface area contributed by atoms with Crippen LogP contribution in [0.3, 0.4) is 0 Å². The lowest BCUT2D eigenvalue weighted by atomic mass is 9.90. The summed E-state index contributed by atoms with van der Waals surface area (Å²) in [6, 6.07) is 24.1. The van der Waals surface area contributed by atoms with Gasteiger partial charge in [0.15, 0.2) is 11.6 Å². The SMILES string of the molecule is COc1cccc(CC(=O)C(CCC(=O)O)NC(=O)C(CC(=O)O)CC(=O)C(Cc2ccc3ccccc3c2)NC(=O)c2cc3cc(Cl)ccc3[nH]2)c1. The molecule has 5 rings (SSSR count). The summed E-state index contributed by atoms with van der Waals surface area (Å²) < 4.78 is 5.21. The van der Waals surface area contributed by atoms with E-state index in [9.17, 15) is 39.0 Å². The summed E-state index contributed by atoms with van der Waals surface area (Å²) in [6.07, 6.45) is -2.18. The summed E-state index contributed by atoms with van der Waals surface area (Å²) in [5.41, 5.74) is 2.08. The summed E-state index contributed by atoms with van der Waals surface area (Å²) in [7, 11) is 1.47. The summed E-state index contributed by atoms with van der Waals surface area (Å²) in [6.45, 7) is 0. The monoisotopic (exact) mass is 739 g/mol. The van der Waals surface area contributed by atoms with Gasteiger partial charge in [-0.2, -0.15) is 0 Å². The first-order valence-electron chi connectivity index (χ1n) is 16.9. The Bertz CT molecular complexity index is 2180. The van der Waals surface area contributed by atoms with Crippen molar-refractivity contribution in [3.8, 4) is 5.75 Å². The molecule has 0 bridgehead atoms. The Kier molecular flexibility index (Phi) is 12.6. The van der Waals surface area contributed by atoms with E-state index in [2.05, 4.69) is 15.6 Å². The number of carbonyl (C=O) groups excluding carboxylic acids is 4. The minimum absolute atomic E-state index is 0.0309. The third-order valence-corrected chi connectivity index (χ3v) is 9.11. The predicted octanol–water partition coefficient (Wildman–Crippen LogP) is 5.54. The molecule has 53 heavy (non-hydrogen) atoms. The average Bonchev–Trinajstić information content (AvgIpc) is 3.56. The molecular formula is C40H38ClN3O9. The van der Waals surface area contributed by atoms with Gasteiger partial charge in [-0.3, -0.25) is 28.8 Å². The number of hydrogen-bond acceptors (Lipinski definition) is 7. The molecule has 1 heterocycles. The Balaban J connectivity index is 1.38. The fraction of sp³-hybridized carbons (Fsp3) is 0.250. The first-order chi connectivity index (χ1) is 25.4. The molecule has 5 N–H and O–H groups in total. The third-order valence-electron chi connectivity index (χ3n) is 8.88. The molecule has 0 saturated carbocycles. The summed E-state index contributed by atoms with van der Waals surface area (Å²) in [5.74, 6) is -6.13. The number of amides is 2. The maximum atomic E-state index is 14.1. The molecule has 3 unspecified atom stereocenters. The van der Waals surface area contributed by atoms with Gasteiger partial charge in [0.2, 0.25) is 5.91 Å². The molecule has 0 aliphatic heterocycles. The quantitative estimate of drug-likeness (QED) is 0.0768. The van der Waals surface area contributed by atoms with Gasteiger partial charge in [0.05, 0.1) is 31.5 Å². The summed E-state index contributed by atoms with van der Waals surface area (Å²) in [5, 5.41) is 27.4. The number of ketones is 2. The number of hydrogen-bond donors (Lipinski definition) is 5. The zero-order valence-electron chi connectivity index (χ0n) is 28.8. The zero-order valence-corrected chi connectivity index (χ0v) is 29.5. The molecule has 0 saturated heterocycles. The Hall–Kier alpha value is -6.01. The van der Waals surface area contributed by atoms with Crippen LogP contribution in [0, 0.1) is 5.92 Å². The molecule has 2 amide bonds. The largest absolute Gasteiger partial charge is 0.497 e. The molecule has 4 aromatic carbocycles. The third kappa shape index (κ3) is 10.5. The summed E-state index contributed by atoms with van der Waals surface area (Å²) >= 11 is 6.12. The fourth-order valence-corrected chi connectivity index (χ4v) is 6.32. The van der Waals surface area contributed by atoms with Crippen molar-refractivity contribution in [2.75, 3.05) is 7.11 Å². The zero-order chi connectivity index (χ0) is 38.1. The predicted molar refractivity (Wildman–Crippen MR) is 198 cm³/mol. The summed E-state index contributed by atoms with van der Waals surface area (Å²) in [4.78, 5) is 81.1. The highest BCUT2D eigenvalue weighted by Crippen LogP contribution is 2.22. The van der Waals surface area contributed by atoms with Crippen LogP contribution < -0.4 is 15.4 Å². The number of methoxy groups -OCH3 is 1. The Labute approximate surface area is 309 Å². The van der Waals surface area contributed by atoms with Gasteiger partial charge < -0.3 is 30.6 Å². The van der Waals surface area contributed by atoms with Crippen LogP contribution in [-0.4, -0.2) is 69.7 Å². The van der Waals surface area contributed by atoms with Crippen molar-refractivity contribution in [1.29, 1.82) is 0 Å². The number of H-pyrrole nitrogens is 1. The molecule has 13 heteroatoms. The molecule has 5 aromatic rings. The number of carboxylic acid groups (broad SMARTS) is 2. The number of aromatic nitrogens is 1. The lowest BCUT2D eigenvalue weighted by Crippen LogP contribution is -2.47. The Morgan fingerprint density at radius 3 is 2.25 bits per heavy atom. The van der Waals surface area contributed by atoms with Gasteiger partial charge in [-0.1, -0.05) is 66.2 Å². The lowest BCUT2D eigenvalue weighted by molar-refractivity contribution is -0.142. The number of halogens is 1. The van der Waals surface area contributed by atoms with Gasteiger partial charge >= 0.3 is 11.9 Å². The second-order valence-electron chi connectivity index (χ2n) is 12.8. The highest BCUT2D eigenvalue weighted by atomic mass is 35.5. The van der Waals surface area contributed by atoms with Gasteiger partial charge in [-0.05, 0) is 71.1 Å². The van der Waals surface area contributed by atoms with Crippen molar-refractivity contribution >= 4 is 68.6 Å². The standard InChI is InChI=1S/C40H38ClN3O9/c1-53-30-8-4-5-23(16-30)18-35(45)32(13-14-37(47)48)43-39(51)28(22-38(49)50)21-36(46)33(17-24-9-10-25-6-2-3-7-26(25)15-24)44-40(52)34-20-27-19-29(41)11-12-31(27)42-34/h2-12,15-16,19-20,28,32-33,42H,13-14,17-18,21-22H2,1H3,(H,43,51)(H,44,52)(H,47,48)(H,49,50). The van der Waals surface area contributed by atoms with Crippen molar-refractivity contribution in [3.05, 3.63) is 113 Å². The van der Waals surface area contributed by atoms with Crippen molar-refractivity contribution < 1.29 is 43.7 Å². The normalized spacial score (nSPS) is 12.8. The van der Waals surface area contributed by atoms with Crippen LogP contribution in [0.2, 0.25) is 5.02 Å². The van der Waals surface area contributed by atoms with E-state index in [1.807, 2.05) is 42.5 Å². The molecule has 274 valence electrons. The van der Waals surface area contributed by atoms with E-state index in [-0.39, 0.29) is 25.0 Å². The number of ether oxygens (including phenoxy) is 1. The smallest absolute Gasteiger partial charge is 0.304 e. The topological polar surface area (TPSA) is 192 Å². The Morgan fingerprint density at radius 2 is 1.51 bits per heavy atom. The number of aromatic amines is 1. The van der Waals surface area contributed by atoms with E-state index in [4.69, 9.17) is 16.3 Å². The second-order valence-corrected chi connectivity index (χ2v) is 13.2. The molecule has 3 atom stereocenters. The number of aliphatic carboxylic acids is 2. The second kappa shape index (κ2) is 17.5. The van der Waals surface area contributed by atoms with Crippen molar-refractivity contribution in [2.24, 2.45) is 5.92 Å². The highest BCUT2D eigenvalue weighted by Gasteiger charge is 2.32. The van der Waals surface area contributed by atoms with Crippen LogP contribution in [0.4, 0.5) is 0 Å². The van der Waals surface area contributed by atoms with Crippen LogP contribution in [0.5, 0.6) is 5.75 Å². The molecule has 0 aliphatic carbocycles. The lowest BCUT2D eigenvalue weighted by Gasteiger charge is -2.23. The van der Waals surface area contributed by atoms with E-state index >= 15 is 0 Å². The minimum atomic E-state index is -1.44. The van der Waals surface area contributed by atoms with Crippen molar-refractivity contribution in [3.63, 3.8) is 0 Å². The number of fused-ring (bicyclic) bond motifs is 2. The maximum absolute atomic E-state index is 14.1. The number of nitrogens with one attached hydrogen (secondary N) is 3. The van der Waals surface area contributed by atoms with E-state index in [0.717, 1.165) is 10.8 Å². The van der Waals surface area contributed by atoms with Crippen molar-refractivity contribution in [2.45, 2.75) is 50.6 Å².